The number of rotatable bonds is 2. The van der Waals surface area contributed by atoms with Crippen LogP contribution in [0.4, 0.5) is 11.4 Å². The van der Waals surface area contributed by atoms with E-state index in [2.05, 4.69) is 76.9 Å². The summed E-state index contributed by atoms with van der Waals surface area (Å²) in [6.07, 6.45) is 2.62. The molecule has 0 aliphatic carbocycles. The van der Waals surface area contributed by atoms with E-state index in [4.69, 9.17) is 4.98 Å². The topological polar surface area (TPSA) is 24.3 Å². The van der Waals surface area contributed by atoms with E-state index < -0.39 is 0 Å². The quantitative estimate of drug-likeness (QED) is 0.571. The van der Waals surface area contributed by atoms with Crippen molar-refractivity contribution in [2.24, 2.45) is 0 Å². The molecule has 140 valence electrons. The predicted octanol–water partition coefficient (Wildman–Crippen LogP) is 5.10. The third kappa shape index (κ3) is 2.89. The highest BCUT2D eigenvalue weighted by Gasteiger charge is 2.27. The zero-order valence-corrected chi connectivity index (χ0v) is 17.6. The maximum atomic E-state index is 5.04. The molecule has 27 heavy (non-hydrogen) atoms. The van der Waals surface area contributed by atoms with Gasteiger partial charge in [0.25, 0.3) is 0 Å². The minimum Gasteiger partial charge on any atom is -0.342 e. The van der Waals surface area contributed by atoms with Crippen molar-refractivity contribution in [3.05, 3.63) is 59.9 Å². The van der Waals surface area contributed by atoms with Gasteiger partial charge in [-0.15, -0.1) is 17.0 Å². The van der Waals surface area contributed by atoms with Gasteiger partial charge < -0.3 is 4.90 Å². The van der Waals surface area contributed by atoms with E-state index in [0.29, 0.717) is 0 Å². The van der Waals surface area contributed by atoms with Crippen LogP contribution in [-0.4, -0.2) is 34.6 Å². The number of aryl methyl sites for hydroxylation is 1. The number of imidazole rings is 1. The first-order chi connectivity index (χ1) is 12.7. The minimum absolute atomic E-state index is 0. The first-order valence-electron chi connectivity index (χ1n) is 9.47. The van der Waals surface area contributed by atoms with Crippen LogP contribution in [0.25, 0.3) is 17.1 Å². The van der Waals surface area contributed by atoms with Gasteiger partial charge in [-0.3, -0.25) is 9.47 Å². The van der Waals surface area contributed by atoms with Crippen molar-refractivity contribution in [2.75, 3.05) is 25.0 Å². The number of aromatic nitrogens is 2. The number of nitrogens with zero attached hydrogens (tertiary/aromatic N) is 4. The number of anilines is 2. The average molecular weight is 425 g/mol. The monoisotopic (exact) mass is 424 g/mol. The fourth-order valence-electron chi connectivity index (χ4n) is 4.36. The van der Waals surface area contributed by atoms with Crippen molar-refractivity contribution in [3.63, 3.8) is 0 Å². The molecule has 0 N–H and O–H groups in total. The van der Waals surface area contributed by atoms with Gasteiger partial charge >= 0.3 is 0 Å². The van der Waals surface area contributed by atoms with Gasteiger partial charge in [-0.05, 0) is 57.1 Å². The van der Waals surface area contributed by atoms with Gasteiger partial charge in [0.15, 0.2) is 0 Å². The van der Waals surface area contributed by atoms with E-state index in [0.717, 1.165) is 18.1 Å². The second kappa shape index (κ2) is 7.13. The molecule has 1 fully saturated rings. The fourth-order valence-corrected chi connectivity index (χ4v) is 4.36. The molecule has 3 heterocycles. The number of halogens is 1. The van der Waals surface area contributed by atoms with E-state index in [1.807, 2.05) is 0 Å². The van der Waals surface area contributed by atoms with Crippen molar-refractivity contribution in [1.29, 1.82) is 0 Å². The highest BCUT2D eigenvalue weighted by Crippen LogP contribution is 2.42. The summed E-state index contributed by atoms with van der Waals surface area (Å²) in [5.41, 5.74) is 7.30. The van der Waals surface area contributed by atoms with Crippen molar-refractivity contribution in [1.82, 2.24) is 14.5 Å². The van der Waals surface area contributed by atoms with E-state index in [9.17, 15) is 0 Å². The van der Waals surface area contributed by atoms with E-state index in [-0.39, 0.29) is 17.0 Å². The van der Waals surface area contributed by atoms with Crippen LogP contribution in [0.1, 0.15) is 24.2 Å². The Labute approximate surface area is 171 Å². The first-order valence-corrected chi connectivity index (χ1v) is 9.47. The van der Waals surface area contributed by atoms with Gasteiger partial charge in [-0.2, -0.15) is 0 Å². The van der Waals surface area contributed by atoms with Gasteiger partial charge in [0.2, 0.25) is 0 Å². The number of fused-ring (bicyclic) bond motifs is 5. The lowest BCUT2D eigenvalue weighted by molar-refractivity contribution is 0.324. The molecule has 0 spiro atoms. The van der Waals surface area contributed by atoms with Crippen LogP contribution in [0.2, 0.25) is 0 Å². The van der Waals surface area contributed by atoms with Gasteiger partial charge in [0.1, 0.15) is 5.82 Å². The van der Waals surface area contributed by atoms with Crippen LogP contribution >= 0.6 is 17.0 Å². The largest absolute Gasteiger partial charge is 0.342 e. The highest BCUT2D eigenvalue weighted by atomic mass is 79.9. The molecule has 2 aromatic carbocycles. The van der Waals surface area contributed by atoms with Gasteiger partial charge in [0, 0.05) is 19.2 Å². The standard InChI is InChI=1S/C22H24N4.BrH/c1-16-21(15-25-13-7-8-14-25)26-20-12-6-5-11-19(20)24(2)18-10-4-3-9-17(18)22(26)23-16;/h3-6,9-12H,7-8,13-15H2,1-2H3;1H. The summed E-state index contributed by atoms with van der Waals surface area (Å²) >= 11 is 0. The van der Waals surface area contributed by atoms with Crippen LogP contribution in [0.15, 0.2) is 48.5 Å². The molecule has 5 heteroatoms. The molecule has 0 radical (unpaired) electrons. The number of hydrogen-bond donors (Lipinski definition) is 0. The Balaban J connectivity index is 0.00000180. The summed E-state index contributed by atoms with van der Waals surface area (Å²) in [6.45, 7) is 5.51. The molecule has 4 nitrogen and oxygen atoms in total. The minimum atomic E-state index is 0. The SMILES string of the molecule is Br.Cc1nc2n(c1CN1CCCC1)-c1ccccc1N(C)c1ccccc1-2. The van der Waals surface area contributed by atoms with Crippen molar-refractivity contribution in [3.8, 4) is 17.1 Å². The molecule has 0 saturated carbocycles. The molecule has 2 aliphatic rings. The number of hydrogen-bond acceptors (Lipinski definition) is 3. The number of likely N-dealkylation sites (tertiary alicyclic amines) is 1. The lowest BCUT2D eigenvalue weighted by Crippen LogP contribution is -2.21. The Morgan fingerprint density at radius 2 is 1.52 bits per heavy atom. The van der Waals surface area contributed by atoms with E-state index in [1.165, 1.54) is 54.3 Å². The average Bonchev–Trinajstić information content (AvgIpc) is 3.28. The molecule has 3 aromatic rings. The zero-order chi connectivity index (χ0) is 17.7. The van der Waals surface area contributed by atoms with Crippen LogP contribution < -0.4 is 4.90 Å². The summed E-state index contributed by atoms with van der Waals surface area (Å²) in [7, 11) is 2.15. The molecule has 2 aliphatic heterocycles. The van der Waals surface area contributed by atoms with Gasteiger partial charge in [0.05, 0.1) is 28.5 Å². The van der Waals surface area contributed by atoms with Crippen molar-refractivity contribution >= 4 is 28.4 Å². The predicted molar refractivity (Wildman–Crippen MR) is 117 cm³/mol. The molecule has 0 atom stereocenters. The summed E-state index contributed by atoms with van der Waals surface area (Å²) in [5.74, 6) is 1.06. The Kier molecular flexibility index (Phi) is 4.82. The summed E-state index contributed by atoms with van der Waals surface area (Å²) in [4.78, 5) is 9.88. The Morgan fingerprint density at radius 1 is 0.889 bits per heavy atom. The number of benzene rings is 2. The van der Waals surface area contributed by atoms with Crippen molar-refractivity contribution in [2.45, 2.75) is 26.3 Å². The van der Waals surface area contributed by atoms with E-state index >= 15 is 0 Å². The molecular weight excluding hydrogens is 400 g/mol. The second-order valence-corrected chi connectivity index (χ2v) is 7.35. The summed E-state index contributed by atoms with van der Waals surface area (Å²) in [6, 6.07) is 17.3. The molecule has 0 bridgehead atoms. The molecule has 0 amide bonds. The number of para-hydroxylation sites is 3. The van der Waals surface area contributed by atoms with Crippen molar-refractivity contribution < 1.29 is 0 Å². The molecule has 1 aromatic heterocycles. The maximum Gasteiger partial charge on any atom is 0.147 e. The normalized spacial score (nSPS) is 15.6. The fraction of sp³-hybridized carbons (Fsp3) is 0.318. The zero-order valence-electron chi connectivity index (χ0n) is 15.9. The van der Waals surface area contributed by atoms with Crippen LogP contribution in [0.5, 0.6) is 0 Å². The Bertz CT molecular complexity index is 972. The third-order valence-electron chi connectivity index (χ3n) is 5.74. The first kappa shape index (κ1) is 18.3. The lowest BCUT2D eigenvalue weighted by atomic mass is 10.1. The van der Waals surface area contributed by atoms with Gasteiger partial charge in [-0.1, -0.05) is 24.3 Å². The second-order valence-electron chi connectivity index (χ2n) is 7.35. The van der Waals surface area contributed by atoms with Crippen LogP contribution in [-0.2, 0) is 6.54 Å². The Morgan fingerprint density at radius 3 is 2.26 bits per heavy atom. The van der Waals surface area contributed by atoms with Crippen LogP contribution in [0, 0.1) is 6.92 Å². The molecule has 5 rings (SSSR count). The molecule has 0 unspecified atom stereocenters. The smallest absolute Gasteiger partial charge is 0.147 e. The van der Waals surface area contributed by atoms with Gasteiger partial charge in [-0.25, -0.2) is 4.98 Å². The molecule has 1 saturated heterocycles. The van der Waals surface area contributed by atoms with E-state index in [1.54, 1.807) is 0 Å². The lowest BCUT2D eigenvalue weighted by Gasteiger charge is -2.22. The third-order valence-corrected chi connectivity index (χ3v) is 5.74. The van der Waals surface area contributed by atoms with Crippen LogP contribution in [0.3, 0.4) is 0 Å². The summed E-state index contributed by atoms with van der Waals surface area (Å²) in [5, 5.41) is 0. The summed E-state index contributed by atoms with van der Waals surface area (Å²) < 4.78 is 2.39. The highest BCUT2D eigenvalue weighted by molar-refractivity contribution is 8.93. The maximum absolute atomic E-state index is 5.04. The molecular formula is C22H25BrN4. The Hall–Kier alpha value is -2.11.